The zero-order valence-electron chi connectivity index (χ0n) is 10.1. The quantitative estimate of drug-likeness (QED) is 0.540. The molecular formula is C13H24ClNO. The van der Waals surface area contributed by atoms with Crippen LogP contribution in [0.25, 0.3) is 0 Å². The molecule has 0 atom stereocenters. The number of halogens is 1. The number of nitrogens with one attached hydrogen (secondary N) is 1. The second-order valence-corrected chi connectivity index (χ2v) is 5.17. The first kappa shape index (κ1) is 13.8. The van der Waals surface area contributed by atoms with Gasteiger partial charge >= 0.3 is 0 Å². The molecule has 1 fully saturated rings. The smallest absolute Gasteiger partial charge is 0.220 e. The fourth-order valence-electron chi connectivity index (χ4n) is 2.35. The van der Waals surface area contributed by atoms with Crippen LogP contribution in [0.15, 0.2) is 0 Å². The monoisotopic (exact) mass is 245 g/mol. The van der Waals surface area contributed by atoms with Crippen molar-refractivity contribution in [3.05, 3.63) is 0 Å². The number of hydrogen-bond donors (Lipinski definition) is 1. The van der Waals surface area contributed by atoms with Crippen LogP contribution in [0.5, 0.6) is 0 Å². The molecule has 16 heavy (non-hydrogen) atoms. The van der Waals surface area contributed by atoms with E-state index in [2.05, 4.69) is 5.32 Å². The molecule has 2 nitrogen and oxygen atoms in total. The van der Waals surface area contributed by atoms with Gasteiger partial charge in [0.15, 0.2) is 0 Å². The number of rotatable bonds is 7. The van der Waals surface area contributed by atoms with E-state index in [1.54, 1.807) is 0 Å². The second-order valence-electron chi connectivity index (χ2n) is 4.79. The van der Waals surface area contributed by atoms with Crippen LogP contribution in [0.4, 0.5) is 0 Å². The van der Waals surface area contributed by atoms with Crippen LogP contribution in [0, 0.1) is 5.92 Å². The van der Waals surface area contributed by atoms with Gasteiger partial charge in [0.25, 0.3) is 0 Å². The molecule has 0 aromatic rings. The van der Waals surface area contributed by atoms with Gasteiger partial charge in [-0.15, -0.1) is 11.6 Å². The number of hydrogen-bond acceptors (Lipinski definition) is 1. The minimum Gasteiger partial charge on any atom is -0.356 e. The standard InChI is InChI=1S/C13H24ClNO/c14-10-4-5-11-15-13(16)9-8-12-6-2-1-3-7-12/h12H,1-11H2,(H,15,16). The van der Waals surface area contributed by atoms with Gasteiger partial charge in [-0.3, -0.25) is 4.79 Å². The van der Waals surface area contributed by atoms with Crippen molar-refractivity contribution < 1.29 is 4.79 Å². The first-order valence-electron chi connectivity index (χ1n) is 6.65. The Labute approximate surface area is 104 Å². The maximum atomic E-state index is 11.5. The fraction of sp³-hybridized carbons (Fsp3) is 0.923. The predicted octanol–water partition coefficient (Wildman–Crippen LogP) is 3.48. The molecule has 0 aliphatic heterocycles. The minimum absolute atomic E-state index is 0.222. The van der Waals surface area contributed by atoms with E-state index >= 15 is 0 Å². The molecule has 0 aromatic heterocycles. The van der Waals surface area contributed by atoms with E-state index < -0.39 is 0 Å². The molecular weight excluding hydrogens is 222 g/mol. The number of unbranched alkanes of at least 4 members (excludes halogenated alkanes) is 1. The largest absolute Gasteiger partial charge is 0.356 e. The lowest BCUT2D eigenvalue weighted by Crippen LogP contribution is -2.25. The zero-order valence-corrected chi connectivity index (χ0v) is 10.9. The lowest BCUT2D eigenvalue weighted by Gasteiger charge is -2.20. The minimum atomic E-state index is 0.222. The maximum absolute atomic E-state index is 11.5. The van der Waals surface area contributed by atoms with Gasteiger partial charge in [0, 0.05) is 18.8 Å². The summed E-state index contributed by atoms with van der Waals surface area (Å²) in [4.78, 5) is 11.5. The summed E-state index contributed by atoms with van der Waals surface area (Å²) in [6, 6.07) is 0. The van der Waals surface area contributed by atoms with E-state index in [4.69, 9.17) is 11.6 Å². The Morgan fingerprint density at radius 3 is 2.62 bits per heavy atom. The third-order valence-corrected chi connectivity index (χ3v) is 3.65. The highest BCUT2D eigenvalue weighted by Crippen LogP contribution is 2.27. The third kappa shape index (κ3) is 6.37. The zero-order chi connectivity index (χ0) is 11.6. The highest BCUT2D eigenvalue weighted by Gasteiger charge is 2.14. The Balaban J connectivity index is 1.96. The molecule has 1 amide bonds. The molecule has 0 spiro atoms. The molecule has 0 heterocycles. The molecule has 1 aliphatic carbocycles. The molecule has 0 radical (unpaired) electrons. The van der Waals surface area contributed by atoms with E-state index in [0.29, 0.717) is 12.3 Å². The Morgan fingerprint density at radius 1 is 1.19 bits per heavy atom. The van der Waals surface area contributed by atoms with Crippen molar-refractivity contribution in [1.82, 2.24) is 5.32 Å². The average molecular weight is 246 g/mol. The van der Waals surface area contributed by atoms with Crippen LogP contribution in [-0.4, -0.2) is 18.3 Å². The van der Waals surface area contributed by atoms with Crippen LogP contribution in [0.1, 0.15) is 57.8 Å². The first-order chi connectivity index (χ1) is 7.83. The van der Waals surface area contributed by atoms with Crippen molar-refractivity contribution in [1.29, 1.82) is 0 Å². The topological polar surface area (TPSA) is 29.1 Å². The number of carbonyl (C=O) groups excluding carboxylic acids is 1. The van der Waals surface area contributed by atoms with E-state index in [-0.39, 0.29) is 5.91 Å². The van der Waals surface area contributed by atoms with Gasteiger partial charge in [-0.1, -0.05) is 32.1 Å². The van der Waals surface area contributed by atoms with Crippen LogP contribution in [0.3, 0.4) is 0 Å². The van der Waals surface area contributed by atoms with E-state index in [0.717, 1.165) is 31.7 Å². The van der Waals surface area contributed by atoms with Crippen molar-refractivity contribution in [2.75, 3.05) is 12.4 Å². The lowest BCUT2D eigenvalue weighted by molar-refractivity contribution is -0.121. The highest BCUT2D eigenvalue weighted by molar-refractivity contribution is 6.17. The Hall–Kier alpha value is -0.240. The molecule has 94 valence electrons. The summed E-state index contributed by atoms with van der Waals surface area (Å²) < 4.78 is 0. The lowest BCUT2D eigenvalue weighted by atomic mass is 9.86. The Kier molecular flexibility index (Phi) is 7.65. The highest BCUT2D eigenvalue weighted by atomic mass is 35.5. The molecule has 1 rings (SSSR count). The van der Waals surface area contributed by atoms with Crippen LogP contribution in [0.2, 0.25) is 0 Å². The average Bonchev–Trinajstić information content (AvgIpc) is 2.33. The molecule has 3 heteroatoms. The van der Waals surface area contributed by atoms with E-state index in [9.17, 15) is 4.79 Å². The molecule has 1 saturated carbocycles. The van der Waals surface area contributed by atoms with E-state index in [1.165, 1.54) is 32.1 Å². The summed E-state index contributed by atoms with van der Waals surface area (Å²) in [5, 5.41) is 2.96. The maximum Gasteiger partial charge on any atom is 0.220 e. The predicted molar refractivity (Wildman–Crippen MR) is 68.8 cm³/mol. The summed E-state index contributed by atoms with van der Waals surface area (Å²) in [6.07, 6.45) is 10.6. The van der Waals surface area contributed by atoms with Gasteiger partial charge in [-0.05, 0) is 25.2 Å². The summed E-state index contributed by atoms with van der Waals surface area (Å²) in [6.45, 7) is 0.788. The molecule has 0 saturated heterocycles. The number of alkyl halides is 1. The Morgan fingerprint density at radius 2 is 1.94 bits per heavy atom. The normalized spacial score (nSPS) is 17.3. The first-order valence-corrected chi connectivity index (χ1v) is 7.19. The summed E-state index contributed by atoms with van der Waals surface area (Å²) in [7, 11) is 0. The van der Waals surface area contributed by atoms with Gasteiger partial charge in [0.1, 0.15) is 0 Å². The van der Waals surface area contributed by atoms with Crippen molar-refractivity contribution in [3.8, 4) is 0 Å². The van der Waals surface area contributed by atoms with Crippen LogP contribution < -0.4 is 5.32 Å². The molecule has 0 aromatic carbocycles. The second kappa shape index (κ2) is 8.86. The van der Waals surface area contributed by atoms with Crippen LogP contribution >= 0.6 is 11.6 Å². The Bertz CT molecular complexity index is 190. The fourth-order valence-corrected chi connectivity index (χ4v) is 2.54. The third-order valence-electron chi connectivity index (χ3n) is 3.39. The van der Waals surface area contributed by atoms with Crippen molar-refractivity contribution >= 4 is 17.5 Å². The van der Waals surface area contributed by atoms with Crippen molar-refractivity contribution in [3.63, 3.8) is 0 Å². The summed E-state index contributed by atoms with van der Waals surface area (Å²) in [5.41, 5.74) is 0. The van der Waals surface area contributed by atoms with Gasteiger partial charge in [-0.2, -0.15) is 0 Å². The number of carbonyl (C=O) groups is 1. The van der Waals surface area contributed by atoms with Gasteiger partial charge < -0.3 is 5.32 Å². The summed E-state index contributed by atoms with van der Waals surface area (Å²) >= 11 is 5.57. The SMILES string of the molecule is O=C(CCC1CCCCC1)NCCCCCl. The van der Waals surface area contributed by atoms with Crippen LogP contribution in [-0.2, 0) is 4.79 Å². The van der Waals surface area contributed by atoms with Crippen molar-refractivity contribution in [2.24, 2.45) is 5.92 Å². The summed E-state index contributed by atoms with van der Waals surface area (Å²) in [5.74, 6) is 1.72. The number of amides is 1. The van der Waals surface area contributed by atoms with E-state index in [1.807, 2.05) is 0 Å². The van der Waals surface area contributed by atoms with Crippen molar-refractivity contribution in [2.45, 2.75) is 57.8 Å². The molecule has 1 aliphatic rings. The molecule has 1 N–H and O–H groups in total. The van der Waals surface area contributed by atoms with Gasteiger partial charge in [-0.25, -0.2) is 0 Å². The van der Waals surface area contributed by atoms with Gasteiger partial charge in [0.05, 0.1) is 0 Å². The van der Waals surface area contributed by atoms with Gasteiger partial charge in [0.2, 0.25) is 5.91 Å². The molecule has 0 unspecified atom stereocenters. The molecule has 0 bridgehead atoms.